The molecule has 2 aromatic carbocycles. The number of aromatic nitrogens is 1. The molecule has 6 nitrogen and oxygen atoms in total. The van der Waals surface area contributed by atoms with Crippen molar-refractivity contribution < 1.29 is 14.3 Å². The zero-order chi connectivity index (χ0) is 21.6. The second-order valence-electron chi connectivity index (χ2n) is 7.53. The van der Waals surface area contributed by atoms with Gasteiger partial charge < -0.3 is 14.4 Å². The third-order valence-electron chi connectivity index (χ3n) is 5.38. The molecule has 0 spiro atoms. The van der Waals surface area contributed by atoms with E-state index in [4.69, 9.17) is 14.5 Å². The Balaban J connectivity index is 1.27. The summed E-state index contributed by atoms with van der Waals surface area (Å²) in [5.74, 6) is 1.60. The molecule has 2 heterocycles. The van der Waals surface area contributed by atoms with Crippen molar-refractivity contribution in [1.82, 2.24) is 14.8 Å². The van der Waals surface area contributed by atoms with Crippen LogP contribution in [-0.4, -0.2) is 60.1 Å². The van der Waals surface area contributed by atoms with Crippen molar-refractivity contribution in [2.75, 3.05) is 33.3 Å². The third-order valence-corrected chi connectivity index (χ3v) is 6.22. The van der Waals surface area contributed by atoms with E-state index in [9.17, 15) is 4.79 Å². The summed E-state index contributed by atoms with van der Waals surface area (Å²) in [4.78, 5) is 21.8. The van der Waals surface area contributed by atoms with E-state index < -0.39 is 6.10 Å². The van der Waals surface area contributed by atoms with E-state index in [1.807, 2.05) is 66.4 Å². The van der Waals surface area contributed by atoms with E-state index in [1.165, 1.54) is 0 Å². The summed E-state index contributed by atoms with van der Waals surface area (Å²) >= 11 is 1.68. The molecule has 0 radical (unpaired) electrons. The molecule has 31 heavy (non-hydrogen) atoms. The lowest BCUT2D eigenvalue weighted by Gasteiger charge is -2.35. The third kappa shape index (κ3) is 5.42. The van der Waals surface area contributed by atoms with E-state index in [1.54, 1.807) is 18.4 Å². The number of carbonyl (C=O) groups excluding carboxylic acids is 1. The van der Waals surface area contributed by atoms with Crippen LogP contribution in [0.4, 0.5) is 0 Å². The van der Waals surface area contributed by atoms with Gasteiger partial charge in [-0.05, 0) is 43.3 Å². The number of thiazole rings is 1. The van der Waals surface area contributed by atoms with E-state index >= 15 is 0 Å². The zero-order valence-electron chi connectivity index (χ0n) is 17.9. The lowest BCUT2D eigenvalue weighted by molar-refractivity contribution is -0.139. The Labute approximate surface area is 187 Å². The van der Waals surface area contributed by atoms with Crippen molar-refractivity contribution >= 4 is 17.2 Å². The van der Waals surface area contributed by atoms with E-state index in [0.29, 0.717) is 13.1 Å². The Morgan fingerprint density at radius 1 is 1.03 bits per heavy atom. The summed E-state index contributed by atoms with van der Waals surface area (Å²) < 4.78 is 11.0. The number of nitrogens with zero attached hydrogens (tertiary/aromatic N) is 3. The standard InChI is InChI=1S/C24H27N3O3S/c1-18(30-21-6-4-3-5-7-21)24(28)27-14-12-26(13-15-27)16-23-25-22(17-31-23)19-8-10-20(29-2)11-9-19/h3-11,17-18H,12-16H2,1-2H3/t18-/m0/s1. The second-order valence-corrected chi connectivity index (χ2v) is 8.47. The molecule has 1 aromatic heterocycles. The van der Waals surface area contributed by atoms with E-state index in [-0.39, 0.29) is 5.91 Å². The van der Waals surface area contributed by atoms with Gasteiger partial charge in [-0.25, -0.2) is 4.98 Å². The van der Waals surface area contributed by atoms with Crippen LogP contribution < -0.4 is 9.47 Å². The number of hydrogen-bond acceptors (Lipinski definition) is 6. The van der Waals surface area contributed by atoms with E-state index in [0.717, 1.165) is 47.4 Å². The van der Waals surface area contributed by atoms with Crippen LogP contribution in [0.25, 0.3) is 11.3 Å². The summed E-state index contributed by atoms with van der Waals surface area (Å²) in [7, 11) is 1.67. The molecule has 4 rings (SSSR count). The average Bonchev–Trinajstić information content (AvgIpc) is 3.28. The predicted molar refractivity (Wildman–Crippen MR) is 122 cm³/mol. The summed E-state index contributed by atoms with van der Waals surface area (Å²) in [5, 5.41) is 3.19. The summed E-state index contributed by atoms with van der Waals surface area (Å²) in [6.45, 7) is 5.70. The highest BCUT2D eigenvalue weighted by molar-refractivity contribution is 7.09. The number of methoxy groups -OCH3 is 1. The molecule has 1 aliphatic rings. The number of piperazine rings is 1. The van der Waals surface area contributed by atoms with Gasteiger partial charge in [0.25, 0.3) is 5.91 Å². The lowest BCUT2D eigenvalue weighted by Crippen LogP contribution is -2.51. The monoisotopic (exact) mass is 437 g/mol. The lowest BCUT2D eigenvalue weighted by atomic mass is 10.2. The normalized spacial score (nSPS) is 15.5. The predicted octanol–water partition coefficient (Wildman–Crippen LogP) is 3.93. The summed E-state index contributed by atoms with van der Waals surface area (Å²) in [6.07, 6.45) is -0.486. The molecule has 1 aliphatic heterocycles. The van der Waals surface area contributed by atoms with E-state index in [2.05, 4.69) is 10.3 Å². The van der Waals surface area contributed by atoms with Gasteiger partial charge in [-0.15, -0.1) is 11.3 Å². The molecule has 1 saturated heterocycles. The van der Waals surface area contributed by atoms with Crippen molar-refractivity contribution in [2.24, 2.45) is 0 Å². The highest BCUT2D eigenvalue weighted by atomic mass is 32.1. The number of rotatable bonds is 7. The van der Waals surface area contributed by atoms with Crippen molar-refractivity contribution in [3.8, 4) is 22.8 Å². The van der Waals surface area contributed by atoms with Crippen LogP contribution in [0, 0.1) is 0 Å². The van der Waals surface area contributed by atoms with Gasteiger partial charge in [0.05, 0.1) is 19.3 Å². The Kier molecular flexibility index (Phi) is 6.84. The van der Waals surface area contributed by atoms with Crippen LogP contribution in [0.2, 0.25) is 0 Å². The largest absolute Gasteiger partial charge is 0.497 e. The van der Waals surface area contributed by atoms with Crippen molar-refractivity contribution in [1.29, 1.82) is 0 Å². The molecular weight excluding hydrogens is 410 g/mol. The SMILES string of the molecule is COc1ccc(-c2csc(CN3CCN(C(=O)[C@H](C)Oc4ccccc4)CC3)n2)cc1. The van der Waals surface area contributed by atoms with Crippen LogP contribution >= 0.6 is 11.3 Å². The first-order valence-electron chi connectivity index (χ1n) is 10.4. The first-order chi connectivity index (χ1) is 15.1. The molecule has 0 N–H and O–H groups in total. The highest BCUT2D eigenvalue weighted by Crippen LogP contribution is 2.25. The number of benzene rings is 2. The number of hydrogen-bond donors (Lipinski definition) is 0. The molecule has 7 heteroatoms. The molecule has 162 valence electrons. The van der Waals surface area contributed by atoms with Crippen LogP contribution in [0.1, 0.15) is 11.9 Å². The maximum absolute atomic E-state index is 12.7. The Morgan fingerprint density at radius 2 is 1.74 bits per heavy atom. The number of para-hydroxylation sites is 1. The summed E-state index contributed by atoms with van der Waals surface area (Å²) in [6, 6.07) is 17.4. The van der Waals surface area contributed by atoms with Crippen LogP contribution in [0.15, 0.2) is 60.0 Å². The maximum Gasteiger partial charge on any atom is 0.263 e. The topological polar surface area (TPSA) is 54.9 Å². The minimum atomic E-state index is -0.486. The quantitative estimate of drug-likeness (QED) is 0.561. The summed E-state index contributed by atoms with van der Waals surface area (Å²) in [5.41, 5.74) is 2.08. The smallest absolute Gasteiger partial charge is 0.263 e. The fraction of sp³-hybridized carbons (Fsp3) is 0.333. The molecule has 1 atom stereocenters. The van der Waals surface area contributed by atoms with Gasteiger partial charge in [0.1, 0.15) is 16.5 Å². The number of carbonyl (C=O) groups is 1. The van der Waals surface area contributed by atoms with Gasteiger partial charge in [0.15, 0.2) is 6.10 Å². The highest BCUT2D eigenvalue weighted by Gasteiger charge is 2.26. The molecule has 0 saturated carbocycles. The zero-order valence-corrected chi connectivity index (χ0v) is 18.7. The van der Waals surface area contributed by atoms with Crippen molar-refractivity contribution in [3.63, 3.8) is 0 Å². The fourth-order valence-corrected chi connectivity index (χ4v) is 4.45. The fourth-order valence-electron chi connectivity index (χ4n) is 3.61. The van der Waals surface area contributed by atoms with Crippen molar-refractivity contribution in [2.45, 2.75) is 19.6 Å². The molecular formula is C24H27N3O3S. The van der Waals surface area contributed by atoms with Gasteiger partial charge in [-0.1, -0.05) is 18.2 Å². The minimum absolute atomic E-state index is 0.0412. The molecule has 0 bridgehead atoms. The molecule has 3 aromatic rings. The first-order valence-corrected chi connectivity index (χ1v) is 11.3. The van der Waals surface area contributed by atoms with Gasteiger partial charge in [0, 0.05) is 37.1 Å². The molecule has 0 aliphatic carbocycles. The molecule has 0 unspecified atom stereocenters. The Morgan fingerprint density at radius 3 is 2.42 bits per heavy atom. The molecule has 1 fully saturated rings. The van der Waals surface area contributed by atoms with Crippen LogP contribution in [0.5, 0.6) is 11.5 Å². The van der Waals surface area contributed by atoms with Crippen molar-refractivity contribution in [3.05, 3.63) is 65.0 Å². The molecule has 1 amide bonds. The number of amides is 1. The van der Waals surface area contributed by atoms with Gasteiger partial charge in [-0.2, -0.15) is 0 Å². The Hall–Kier alpha value is -2.90. The Bertz CT molecular complexity index is 983. The maximum atomic E-state index is 12.7. The van der Waals surface area contributed by atoms with Gasteiger partial charge in [0.2, 0.25) is 0 Å². The van der Waals surface area contributed by atoms with Crippen LogP contribution in [-0.2, 0) is 11.3 Å². The first kappa shape index (κ1) is 21.3. The van der Waals surface area contributed by atoms with Gasteiger partial charge >= 0.3 is 0 Å². The second kappa shape index (κ2) is 9.94. The number of ether oxygens (including phenoxy) is 2. The average molecular weight is 438 g/mol. The van der Waals surface area contributed by atoms with Gasteiger partial charge in [-0.3, -0.25) is 9.69 Å². The minimum Gasteiger partial charge on any atom is -0.497 e. The van der Waals surface area contributed by atoms with Crippen LogP contribution in [0.3, 0.4) is 0 Å².